The Morgan fingerprint density at radius 3 is 2.75 bits per heavy atom. The molecule has 132 valence electrons. The average molecular weight is 343 g/mol. The van der Waals surface area contributed by atoms with Gasteiger partial charge in [0.15, 0.2) is 11.5 Å². The van der Waals surface area contributed by atoms with Crippen LogP contribution in [0.1, 0.15) is 48.9 Å². The fourth-order valence-corrected chi connectivity index (χ4v) is 3.10. The minimum absolute atomic E-state index is 0.0302. The quantitative estimate of drug-likeness (QED) is 0.854. The molecule has 1 aliphatic heterocycles. The van der Waals surface area contributed by atoms with Crippen molar-refractivity contribution in [2.45, 2.75) is 44.8 Å². The third kappa shape index (κ3) is 3.61. The maximum atomic E-state index is 12.8. The summed E-state index contributed by atoms with van der Waals surface area (Å²) in [5.41, 5.74) is -0.831. The summed E-state index contributed by atoms with van der Waals surface area (Å²) in [5.74, 6) is 1.66. The molecule has 0 spiro atoms. The van der Waals surface area contributed by atoms with Crippen molar-refractivity contribution in [3.8, 4) is 0 Å². The Labute approximate surface area is 137 Å². The van der Waals surface area contributed by atoms with E-state index in [0.29, 0.717) is 37.0 Å². The van der Waals surface area contributed by atoms with Crippen molar-refractivity contribution in [2.24, 2.45) is 7.05 Å². The van der Waals surface area contributed by atoms with Gasteiger partial charge >= 0.3 is 6.18 Å². The number of imidazole rings is 1. The molecule has 0 radical (unpaired) electrons. The minimum Gasteiger partial charge on any atom is -0.339 e. The molecule has 0 amide bonds. The molecule has 2 aromatic rings. The molecule has 1 atom stereocenters. The Morgan fingerprint density at radius 2 is 2.12 bits per heavy atom. The van der Waals surface area contributed by atoms with Gasteiger partial charge in [-0.25, -0.2) is 4.98 Å². The molecule has 2 aromatic heterocycles. The second kappa shape index (κ2) is 6.54. The Morgan fingerprint density at radius 1 is 1.33 bits per heavy atom. The lowest BCUT2D eigenvalue weighted by atomic mass is 9.97. The number of alkyl halides is 3. The van der Waals surface area contributed by atoms with Crippen molar-refractivity contribution in [1.29, 1.82) is 0 Å². The Balaban J connectivity index is 1.70. The van der Waals surface area contributed by atoms with Crippen LogP contribution >= 0.6 is 0 Å². The molecular weight excluding hydrogens is 323 g/mol. The van der Waals surface area contributed by atoms with Crippen molar-refractivity contribution >= 4 is 0 Å². The number of hydrogen-bond acceptors (Lipinski definition) is 5. The molecule has 0 bridgehead atoms. The maximum Gasteiger partial charge on any atom is 0.434 e. The predicted molar refractivity (Wildman–Crippen MR) is 79.1 cm³/mol. The van der Waals surface area contributed by atoms with Crippen LogP contribution in [0.4, 0.5) is 13.2 Å². The number of likely N-dealkylation sites (tertiary alicyclic amines) is 1. The normalized spacial score (nSPS) is 19.8. The molecule has 0 aliphatic carbocycles. The van der Waals surface area contributed by atoms with Crippen LogP contribution in [-0.4, -0.2) is 37.7 Å². The van der Waals surface area contributed by atoms with Gasteiger partial charge in [-0.15, -0.1) is 0 Å². The summed E-state index contributed by atoms with van der Waals surface area (Å²) >= 11 is 0. The zero-order valence-electron chi connectivity index (χ0n) is 13.7. The molecule has 1 aliphatic rings. The van der Waals surface area contributed by atoms with Gasteiger partial charge in [-0.1, -0.05) is 12.1 Å². The van der Waals surface area contributed by atoms with Crippen LogP contribution in [-0.2, 0) is 26.2 Å². The molecule has 1 fully saturated rings. The number of aryl methyl sites for hydroxylation is 2. The van der Waals surface area contributed by atoms with Crippen molar-refractivity contribution in [3.05, 3.63) is 29.4 Å². The molecule has 24 heavy (non-hydrogen) atoms. The van der Waals surface area contributed by atoms with E-state index >= 15 is 0 Å². The van der Waals surface area contributed by atoms with Gasteiger partial charge in [-0.3, -0.25) is 4.90 Å². The fourth-order valence-electron chi connectivity index (χ4n) is 3.10. The molecule has 3 heterocycles. The highest BCUT2D eigenvalue weighted by atomic mass is 19.4. The number of hydrogen-bond donors (Lipinski definition) is 0. The fraction of sp³-hybridized carbons (Fsp3) is 0.667. The molecule has 6 nitrogen and oxygen atoms in total. The van der Waals surface area contributed by atoms with E-state index in [1.54, 1.807) is 7.05 Å². The standard InChI is InChI=1S/C15H20F3N5O/c1-3-13-20-12(21-24-13)9-23-6-4-5-10(7-23)14-19-11(8-22(14)2)15(16,17)18/h8,10H,3-7,9H2,1-2H3. The van der Waals surface area contributed by atoms with Gasteiger partial charge in [0, 0.05) is 32.1 Å². The average Bonchev–Trinajstić information content (AvgIpc) is 3.13. The predicted octanol–water partition coefficient (Wildman–Crippen LogP) is 2.76. The Bertz CT molecular complexity index is 694. The molecule has 9 heteroatoms. The highest BCUT2D eigenvalue weighted by Gasteiger charge is 2.36. The van der Waals surface area contributed by atoms with E-state index in [2.05, 4.69) is 20.0 Å². The molecule has 1 unspecified atom stereocenters. The highest BCUT2D eigenvalue weighted by Crippen LogP contribution is 2.32. The number of piperidine rings is 1. The first-order chi connectivity index (χ1) is 11.4. The molecule has 0 N–H and O–H groups in total. The van der Waals surface area contributed by atoms with E-state index in [1.165, 1.54) is 4.57 Å². The molecule has 0 aromatic carbocycles. The van der Waals surface area contributed by atoms with Crippen LogP contribution < -0.4 is 0 Å². The van der Waals surface area contributed by atoms with E-state index < -0.39 is 11.9 Å². The lowest BCUT2D eigenvalue weighted by Gasteiger charge is -2.31. The van der Waals surface area contributed by atoms with Gasteiger partial charge in [-0.05, 0) is 19.4 Å². The number of aromatic nitrogens is 4. The first-order valence-electron chi connectivity index (χ1n) is 8.01. The van der Waals surface area contributed by atoms with E-state index in [-0.39, 0.29) is 5.92 Å². The van der Waals surface area contributed by atoms with Crippen molar-refractivity contribution in [2.75, 3.05) is 13.1 Å². The second-order valence-corrected chi connectivity index (χ2v) is 6.13. The highest BCUT2D eigenvalue weighted by molar-refractivity contribution is 5.12. The zero-order valence-corrected chi connectivity index (χ0v) is 13.7. The largest absolute Gasteiger partial charge is 0.434 e. The van der Waals surface area contributed by atoms with E-state index in [9.17, 15) is 13.2 Å². The van der Waals surface area contributed by atoms with Crippen LogP contribution in [0, 0.1) is 0 Å². The molecule has 3 rings (SSSR count). The molecule has 1 saturated heterocycles. The SMILES string of the molecule is CCc1nc(CN2CCCC(c3nc(C(F)(F)F)cn3C)C2)no1. The summed E-state index contributed by atoms with van der Waals surface area (Å²) in [7, 11) is 1.61. The minimum atomic E-state index is -4.41. The van der Waals surface area contributed by atoms with Crippen molar-refractivity contribution in [1.82, 2.24) is 24.6 Å². The van der Waals surface area contributed by atoms with Gasteiger partial charge in [0.2, 0.25) is 5.89 Å². The molecule has 0 saturated carbocycles. The summed E-state index contributed by atoms with van der Waals surface area (Å²) < 4.78 is 45.1. The Kier molecular flexibility index (Phi) is 4.62. The lowest BCUT2D eigenvalue weighted by Crippen LogP contribution is -2.35. The summed E-state index contributed by atoms with van der Waals surface area (Å²) in [4.78, 5) is 10.2. The number of rotatable bonds is 4. The van der Waals surface area contributed by atoms with Gasteiger partial charge in [0.1, 0.15) is 5.82 Å². The zero-order chi connectivity index (χ0) is 17.3. The smallest absolute Gasteiger partial charge is 0.339 e. The van der Waals surface area contributed by atoms with Crippen LogP contribution in [0.5, 0.6) is 0 Å². The van der Waals surface area contributed by atoms with E-state index in [0.717, 1.165) is 25.6 Å². The van der Waals surface area contributed by atoms with E-state index in [4.69, 9.17) is 4.52 Å². The van der Waals surface area contributed by atoms with Crippen LogP contribution in [0.2, 0.25) is 0 Å². The first kappa shape index (κ1) is 16.9. The summed E-state index contributed by atoms with van der Waals surface area (Å²) in [6.07, 6.45) is -0.946. The van der Waals surface area contributed by atoms with Crippen LogP contribution in [0.15, 0.2) is 10.7 Å². The van der Waals surface area contributed by atoms with Crippen molar-refractivity contribution in [3.63, 3.8) is 0 Å². The monoisotopic (exact) mass is 343 g/mol. The van der Waals surface area contributed by atoms with E-state index in [1.807, 2.05) is 6.92 Å². The van der Waals surface area contributed by atoms with Gasteiger partial charge in [0.25, 0.3) is 0 Å². The number of nitrogens with zero attached hydrogens (tertiary/aromatic N) is 5. The topological polar surface area (TPSA) is 60.0 Å². The first-order valence-corrected chi connectivity index (χ1v) is 8.01. The number of halogens is 3. The van der Waals surface area contributed by atoms with Gasteiger partial charge in [0.05, 0.1) is 6.54 Å². The summed E-state index contributed by atoms with van der Waals surface area (Å²) in [6, 6.07) is 0. The van der Waals surface area contributed by atoms with Gasteiger partial charge < -0.3 is 9.09 Å². The third-order valence-corrected chi connectivity index (χ3v) is 4.25. The second-order valence-electron chi connectivity index (χ2n) is 6.13. The van der Waals surface area contributed by atoms with Crippen molar-refractivity contribution < 1.29 is 17.7 Å². The van der Waals surface area contributed by atoms with Gasteiger partial charge in [-0.2, -0.15) is 18.2 Å². The Hall–Kier alpha value is -1.90. The maximum absolute atomic E-state index is 12.8. The molecular formula is C15H20F3N5O. The summed E-state index contributed by atoms with van der Waals surface area (Å²) in [6.45, 7) is 3.98. The van der Waals surface area contributed by atoms with Crippen LogP contribution in [0.25, 0.3) is 0 Å². The third-order valence-electron chi connectivity index (χ3n) is 4.25. The van der Waals surface area contributed by atoms with Crippen LogP contribution in [0.3, 0.4) is 0 Å². The lowest BCUT2D eigenvalue weighted by molar-refractivity contribution is -0.141. The summed E-state index contributed by atoms with van der Waals surface area (Å²) in [5, 5.41) is 3.94.